The predicted octanol–water partition coefficient (Wildman–Crippen LogP) is 5.79. The van der Waals surface area contributed by atoms with Crippen molar-refractivity contribution in [2.75, 3.05) is 11.5 Å². The normalized spacial score (nSPS) is 10.5. The van der Waals surface area contributed by atoms with Crippen LogP contribution in [-0.2, 0) is 0 Å². The summed E-state index contributed by atoms with van der Waals surface area (Å²) in [4.78, 5) is 22.5. The van der Waals surface area contributed by atoms with Gasteiger partial charge < -0.3 is 16.2 Å². The van der Waals surface area contributed by atoms with Crippen LogP contribution < -0.4 is 16.2 Å². The Morgan fingerprint density at radius 1 is 0.576 bits per heavy atom. The lowest BCUT2D eigenvalue weighted by atomic mass is 10.0. The highest BCUT2D eigenvalue weighted by Gasteiger charge is 2.24. The fraction of sp³-hybridized carbons (Fsp3) is 0. The third kappa shape index (κ3) is 4.28. The molecule has 0 unspecified atom stereocenters. The van der Waals surface area contributed by atoms with Gasteiger partial charge in [-0.2, -0.15) is 0 Å². The minimum Gasteiger partial charge on any atom is -0.456 e. The second kappa shape index (κ2) is 8.67. The van der Waals surface area contributed by atoms with E-state index in [0.29, 0.717) is 22.5 Å². The van der Waals surface area contributed by atoms with E-state index in [1.807, 2.05) is 0 Å². The van der Waals surface area contributed by atoms with Gasteiger partial charge in [-0.15, -0.1) is 0 Å². The number of hydrogen-bond donors (Lipinski definition) is 2. The lowest BCUT2D eigenvalue weighted by Crippen LogP contribution is -1.99. The zero-order valence-corrected chi connectivity index (χ0v) is 17.2. The van der Waals surface area contributed by atoms with Gasteiger partial charge >= 0.3 is 0 Å². The van der Waals surface area contributed by atoms with Crippen molar-refractivity contribution in [2.24, 2.45) is 0 Å². The molecular weight excluding hydrogens is 424 g/mol. The molecule has 0 aliphatic carbocycles. The Morgan fingerprint density at radius 3 is 1.27 bits per heavy atom. The molecule has 4 aromatic rings. The van der Waals surface area contributed by atoms with Crippen LogP contribution >= 0.6 is 0 Å². The molecule has 0 saturated heterocycles. The molecular formula is C24H18N4O5. The number of nitro groups is 2. The molecule has 164 valence electrons. The van der Waals surface area contributed by atoms with Crippen molar-refractivity contribution in [3.63, 3.8) is 0 Å². The third-order valence-electron chi connectivity index (χ3n) is 5.02. The summed E-state index contributed by atoms with van der Waals surface area (Å²) in [5.74, 6) is 0.345. The Kier molecular flexibility index (Phi) is 5.60. The maximum absolute atomic E-state index is 11.8. The average molecular weight is 442 g/mol. The number of benzene rings is 4. The number of hydrogen-bond acceptors (Lipinski definition) is 7. The number of nitrogens with two attached hydrogens (primary N) is 2. The molecule has 0 bridgehead atoms. The Balaban J connectivity index is 1.92. The van der Waals surface area contributed by atoms with Crippen LogP contribution in [0.15, 0.2) is 84.9 Å². The van der Waals surface area contributed by atoms with Crippen LogP contribution in [0.5, 0.6) is 11.5 Å². The van der Waals surface area contributed by atoms with Crippen LogP contribution in [0.4, 0.5) is 22.7 Å². The van der Waals surface area contributed by atoms with Crippen LogP contribution in [0.25, 0.3) is 22.3 Å². The second-order valence-corrected chi connectivity index (χ2v) is 7.16. The fourth-order valence-electron chi connectivity index (χ4n) is 3.51. The van der Waals surface area contributed by atoms with E-state index in [2.05, 4.69) is 0 Å². The summed E-state index contributed by atoms with van der Waals surface area (Å²) in [7, 11) is 0. The van der Waals surface area contributed by atoms with Gasteiger partial charge in [0.2, 0.25) is 0 Å². The van der Waals surface area contributed by atoms with Crippen LogP contribution in [0.1, 0.15) is 0 Å². The summed E-state index contributed by atoms with van der Waals surface area (Å²) >= 11 is 0. The minimum absolute atomic E-state index is 0.170. The van der Waals surface area contributed by atoms with Gasteiger partial charge in [-0.1, -0.05) is 36.4 Å². The molecule has 0 saturated carbocycles. The fourth-order valence-corrected chi connectivity index (χ4v) is 3.51. The quantitative estimate of drug-likeness (QED) is 0.218. The van der Waals surface area contributed by atoms with Crippen molar-refractivity contribution in [3.8, 4) is 33.8 Å². The lowest BCUT2D eigenvalue weighted by molar-refractivity contribution is -0.384. The predicted molar refractivity (Wildman–Crippen MR) is 126 cm³/mol. The van der Waals surface area contributed by atoms with E-state index in [9.17, 15) is 20.2 Å². The summed E-state index contributed by atoms with van der Waals surface area (Å²) in [5, 5.41) is 23.5. The van der Waals surface area contributed by atoms with Crippen molar-refractivity contribution in [2.45, 2.75) is 0 Å². The lowest BCUT2D eigenvalue weighted by Gasteiger charge is -2.15. The SMILES string of the molecule is Nc1ccc(-c2c(Oc3cccc([N+](=O)[O-])c3-c3ccc(N)cc3)cccc2[N+](=O)[O-])cc1. The van der Waals surface area contributed by atoms with Gasteiger partial charge in [0.15, 0.2) is 0 Å². The van der Waals surface area contributed by atoms with Gasteiger partial charge in [-0.25, -0.2) is 0 Å². The average Bonchev–Trinajstić information content (AvgIpc) is 2.80. The summed E-state index contributed by atoms with van der Waals surface area (Å²) < 4.78 is 6.12. The first-order valence-corrected chi connectivity index (χ1v) is 9.79. The van der Waals surface area contributed by atoms with Gasteiger partial charge in [0, 0.05) is 23.5 Å². The Morgan fingerprint density at radius 2 is 0.939 bits per heavy atom. The first-order valence-electron chi connectivity index (χ1n) is 9.79. The monoisotopic (exact) mass is 442 g/mol. The molecule has 9 heteroatoms. The molecule has 4 rings (SSSR count). The van der Waals surface area contributed by atoms with Crippen LogP contribution in [0, 0.1) is 20.2 Å². The largest absolute Gasteiger partial charge is 0.456 e. The van der Waals surface area contributed by atoms with E-state index < -0.39 is 9.85 Å². The first kappa shape index (κ1) is 21.3. The van der Waals surface area contributed by atoms with Gasteiger partial charge in [-0.05, 0) is 47.5 Å². The van der Waals surface area contributed by atoms with Gasteiger partial charge in [0.05, 0.1) is 9.85 Å². The number of nitrogens with zero attached hydrogens (tertiary/aromatic N) is 2. The highest BCUT2D eigenvalue weighted by molar-refractivity contribution is 5.83. The molecule has 0 heterocycles. The Bertz CT molecular complexity index is 1250. The highest BCUT2D eigenvalue weighted by Crippen LogP contribution is 2.45. The maximum Gasteiger partial charge on any atom is 0.280 e. The Labute approximate surface area is 188 Å². The number of nitrogen functional groups attached to an aromatic ring is 2. The van der Waals surface area contributed by atoms with E-state index in [-0.39, 0.29) is 34.0 Å². The zero-order valence-electron chi connectivity index (χ0n) is 17.2. The summed E-state index contributed by atoms with van der Waals surface area (Å²) in [6.45, 7) is 0. The topological polar surface area (TPSA) is 148 Å². The Hall–Kier alpha value is -4.92. The van der Waals surface area contributed by atoms with Gasteiger partial charge in [-0.3, -0.25) is 20.2 Å². The van der Waals surface area contributed by atoms with E-state index in [1.54, 1.807) is 60.7 Å². The number of anilines is 2. The van der Waals surface area contributed by atoms with Crippen molar-refractivity contribution >= 4 is 22.7 Å². The van der Waals surface area contributed by atoms with Gasteiger partial charge in [0.25, 0.3) is 11.4 Å². The maximum atomic E-state index is 11.8. The summed E-state index contributed by atoms with van der Waals surface area (Å²) in [6.07, 6.45) is 0. The molecule has 0 aliphatic heterocycles. The first-order chi connectivity index (χ1) is 15.8. The summed E-state index contributed by atoms with van der Waals surface area (Å²) in [5.41, 5.74) is 13.7. The molecule has 4 aromatic carbocycles. The smallest absolute Gasteiger partial charge is 0.280 e. The molecule has 4 N–H and O–H groups in total. The van der Waals surface area contributed by atoms with Crippen molar-refractivity contribution in [1.82, 2.24) is 0 Å². The molecule has 9 nitrogen and oxygen atoms in total. The number of ether oxygens (including phenoxy) is 1. The number of rotatable bonds is 6. The van der Waals surface area contributed by atoms with E-state index in [0.717, 1.165) is 0 Å². The molecule has 0 radical (unpaired) electrons. The van der Waals surface area contributed by atoms with Crippen molar-refractivity contribution in [1.29, 1.82) is 0 Å². The van der Waals surface area contributed by atoms with E-state index in [1.165, 1.54) is 24.3 Å². The van der Waals surface area contributed by atoms with Crippen molar-refractivity contribution < 1.29 is 14.6 Å². The zero-order chi connectivity index (χ0) is 23.5. The van der Waals surface area contributed by atoms with Gasteiger partial charge in [0.1, 0.15) is 22.6 Å². The molecule has 0 aromatic heterocycles. The highest BCUT2D eigenvalue weighted by atomic mass is 16.6. The molecule has 0 fully saturated rings. The van der Waals surface area contributed by atoms with E-state index >= 15 is 0 Å². The van der Waals surface area contributed by atoms with Crippen molar-refractivity contribution in [3.05, 3.63) is 105 Å². The second-order valence-electron chi connectivity index (χ2n) is 7.16. The molecule has 33 heavy (non-hydrogen) atoms. The van der Waals surface area contributed by atoms with Crippen LogP contribution in [-0.4, -0.2) is 9.85 Å². The van der Waals surface area contributed by atoms with E-state index in [4.69, 9.17) is 16.2 Å². The van der Waals surface area contributed by atoms with Crippen LogP contribution in [0.3, 0.4) is 0 Å². The minimum atomic E-state index is -0.507. The van der Waals surface area contributed by atoms with Crippen LogP contribution in [0.2, 0.25) is 0 Å². The summed E-state index contributed by atoms with van der Waals surface area (Å²) in [6, 6.07) is 22.0. The third-order valence-corrected chi connectivity index (χ3v) is 5.02. The molecule has 0 spiro atoms. The molecule has 0 atom stereocenters. The standard InChI is InChI=1S/C24H18N4O5/c25-17-11-7-15(8-12-17)23-19(27(29)30)3-1-5-21(23)33-22-6-2-4-20(28(31)32)24(22)16-9-13-18(26)14-10-16/h1-14H,25-26H2. The number of nitro benzene ring substituents is 2. The molecule has 0 amide bonds. The molecule has 0 aliphatic rings.